The Morgan fingerprint density at radius 1 is 1.46 bits per heavy atom. The fourth-order valence-electron chi connectivity index (χ4n) is 0.981. The van der Waals surface area contributed by atoms with Gasteiger partial charge in [-0.2, -0.15) is 12.6 Å². The Balaban J connectivity index is 2.85. The van der Waals surface area contributed by atoms with Gasteiger partial charge in [-0.05, 0) is 30.7 Å². The molecule has 0 atom stereocenters. The Morgan fingerprint density at radius 3 is 2.85 bits per heavy atom. The van der Waals surface area contributed by atoms with Gasteiger partial charge >= 0.3 is 0 Å². The Labute approximate surface area is 93.3 Å². The quantitative estimate of drug-likeness (QED) is 0.577. The summed E-state index contributed by atoms with van der Waals surface area (Å²) in [6.45, 7) is 2.06. The lowest BCUT2D eigenvalue weighted by molar-refractivity contribution is 1.31. The van der Waals surface area contributed by atoms with Crippen molar-refractivity contribution in [1.82, 2.24) is 0 Å². The molecule has 0 radical (unpaired) electrons. The summed E-state index contributed by atoms with van der Waals surface area (Å²) < 4.78 is 1.10. The van der Waals surface area contributed by atoms with Crippen LogP contribution in [0.25, 0.3) is 0 Å². The van der Waals surface area contributed by atoms with Gasteiger partial charge in [0.25, 0.3) is 0 Å². The number of aryl methyl sites for hydroxylation is 1. The molecule has 0 fully saturated rings. The largest absolute Gasteiger partial charge is 0.178 e. The number of halogens is 1. The highest BCUT2D eigenvalue weighted by Crippen LogP contribution is 2.14. The fraction of sp³-hybridized carbons (Fsp3) is 0.273. The van der Waals surface area contributed by atoms with E-state index in [1.807, 2.05) is 12.1 Å². The van der Waals surface area contributed by atoms with E-state index in [4.69, 9.17) is 0 Å². The minimum atomic E-state index is 0.822. The molecule has 0 aliphatic carbocycles. The first-order chi connectivity index (χ1) is 6.24. The Hall–Kier alpha value is -0.390. The molecule has 0 unspecified atom stereocenters. The molecular formula is C11H11BrS. The van der Waals surface area contributed by atoms with Crippen LogP contribution in [0.3, 0.4) is 0 Å². The van der Waals surface area contributed by atoms with E-state index in [0.29, 0.717) is 0 Å². The zero-order valence-corrected chi connectivity index (χ0v) is 9.95. The van der Waals surface area contributed by atoms with E-state index in [2.05, 4.69) is 53.4 Å². The van der Waals surface area contributed by atoms with Gasteiger partial charge in [-0.25, -0.2) is 0 Å². The highest BCUT2D eigenvalue weighted by atomic mass is 79.9. The maximum absolute atomic E-state index is 4.10. The van der Waals surface area contributed by atoms with Crippen LogP contribution >= 0.6 is 28.6 Å². The van der Waals surface area contributed by atoms with Crippen molar-refractivity contribution in [3.8, 4) is 11.8 Å². The molecule has 1 aromatic rings. The summed E-state index contributed by atoms with van der Waals surface area (Å²) in [7, 11) is 0. The van der Waals surface area contributed by atoms with E-state index >= 15 is 0 Å². The SMILES string of the molecule is Cc1cc(Br)ccc1C#CCCS. The lowest BCUT2D eigenvalue weighted by atomic mass is 10.1. The van der Waals surface area contributed by atoms with Crippen molar-refractivity contribution in [3.63, 3.8) is 0 Å². The smallest absolute Gasteiger partial charge is 0.0275 e. The summed E-state index contributed by atoms with van der Waals surface area (Å²) in [6.07, 6.45) is 0.846. The summed E-state index contributed by atoms with van der Waals surface area (Å²) in [6, 6.07) is 6.12. The van der Waals surface area contributed by atoms with Crippen LogP contribution in [0.4, 0.5) is 0 Å². The van der Waals surface area contributed by atoms with Gasteiger partial charge in [-0.3, -0.25) is 0 Å². The van der Waals surface area contributed by atoms with Gasteiger partial charge in [0.2, 0.25) is 0 Å². The van der Waals surface area contributed by atoms with E-state index in [1.165, 1.54) is 5.56 Å². The average Bonchev–Trinajstić information content (AvgIpc) is 2.09. The van der Waals surface area contributed by atoms with Crippen LogP contribution in [-0.4, -0.2) is 5.75 Å². The van der Waals surface area contributed by atoms with Crippen LogP contribution in [0.2, 0.25) is 0 Å². The third-order valence-electron chi connectivity index (χ3n) is 1.65. The molecule has 0 saturated carbocycles. The molecule has 0 bridgehead atoms. The second kappa shape index (κ2) is 5.36. The summed E-state index contributed by atoms with van der Waals surface area (Å²) >= 11 is 7.52. The fourth-order valence-corrected chi connectivity index (χ4v) is 1.57. The molecule has 0 aliphatic heterocycles. The number of hydrogen-bond acceptors (Lipinski definition) is 1. The molecule has 0 amide bonds. The van der Waals surface area contributed by atoms with Crippen molar-refractivity contribution in [2.24, 2.45) is 0 Å². The minimum absolute atomic E-state index is 0.822. The van der Waals surface area contributed by atoms with Crippen LogP contribution in [-0.2, 0) is 0 Å². The van der Waals surface area contributed by atoms with Gasteiger partial charge in [-0.15, -0.1) is 0 Å². The van der Waals surface area contributed by atoms with E-state index < -0.39 is 0 Å². The first-order valence-corrected chi connectivity index (χ1v) is 5.52. The third kappa shape index (κ3) is 3.46. The van der Waals surface area contributed by atoms with Gasteiger partial charge < -0.3 is 0 Å². The molecule has 13 heavy (non-hydrogen) atoms. The van der Waals surface area contributed by atoms with E-state index in [1.54, 1.807) is 0 Å². The van der Waals surface area contributed by atoms with Crippen molar-refractivity contribution < 1.29 is 0 Å². The first-order valence-electron chi connectivity index (χ1n) is 4.10. The molecule has 0 aliphatic rings. The van der Waals surface area contributed by atoms with E-state index in [9.17, 15) is 0 Å². The highest BCUT2D eigenvalue weighted by Gasteiger charge is 1.93. The van der Waals surface area contributed by atoms with Crippen LogP contribution in [0, 0.1) is 18.8 Å². The standard InChI is InChI=1S/C11H11BrS/c1-9-8-11(12)6-5-10(9)4-2-3-7-13/h5-6,8,13H,3,7H2,1H3. The number of thiol groups is 1. The van der Waals surface area contributed by atoms with Gasteiger partial charge in [0, 0.05) is 22.2 Å². The minimum Gasteiger partial charge on any atom is -0.178 e. The first kappa shape index (κ1) is 10.7. The number of rotatable bonds is 1. The van der Waals surface area contributed by atoms with Gasteiger partial charge in [0.15, 0.2) is 0 Å². The summed E-state index contributed by atoms with van der Waals surface area (Å²) in [5, 5.41) is 0. The van der Waals surface area contributed by atoms with E-state index in [0.717, 1.165) is 22.2 Å². The molecule has 0 N–H and O–H groups in total. The van der Waals surface area contributed by atoms with Crippen LogP contribution in [0.15, 0.2) is 22.7 Å². The molecule has 0 spiro atoms. The molecule has 1 aromatic carbocycles. The molecule has 0 aromatic heterocycles. The molecule has 68 valence electrons. The van der Waals surface area contributed by atoms with Gasteiger partial charge in [0.1, 0.15) is 0 Å². The predicted octanol–water partition coefficient (Wildman–Crippen LogP) is 3.43. The van der Waals surface area contributed by atoms with Crippen molar-refractivity contribution in [2.45, 2.75) is 13.3 Å². The zero-order chi connectivity index (χ0) is 9.68. The topological polar surface area (TPSA) is 0 Å². The van der Waals surface area contributed by atoms with Gasteiger partial charge in [-0.1, -0.05) is 27.8 Å². The third-order valence-corrected chi connectivity index (χ3v) is 2.37. The molecule has 1 rings (SSSR count). The molecule has 0 heterocycles. The number of hydrogen-bond donors (Lipinski definition) is 1. The molecule has 0 saturated heterocycles. The molecule has 2 heteroatoms. The van der Waals surface area contributed by atoms with Gasteiger partial charge in [0.05, 0.1) is 0 Å². The zero-order valence-electron chi connectivity index (χ0n) is 7.47. The summed E-state index contributed by atoms with van der Waals surface area (Å²) in [5.41, 5.74) is 2.31. The Kier molecular flexibility index (Phi) is 4.41. The second-order valence-electron chi connectivity index (χ2n) is 2.73. The normalized spacial score (nSPS) is 9.15. The molecule has 0 nitrogen and oxygen atoms in total. The lowest BCUT2D eigenvalue weighted by Crippen LogP contribution is -1.81. The Morgan fingerprint density at radius 2 is 2.23 bits per heavy atom. The number of benzene rings is 1. The monoisotopic (exact) mass is 254 g/mol. The maximum Gasteiger partial charge on any atom is 0.0275 e. The summed E-state index contributed by atoms with van der Waals surface area (Å²) in [4.78, 5) is 0. The van der Waals surface area contributed by atoms with E-state index in [-0.39, 0.29) is 0 Å². The van der Waals surface area contributed by atoms with Crippen molar-refractivity contribution in [1.29, 1.82) is 0 Å². The van der Waals surface area contributed by atoms with Crippen LogP contribution in [0.1, 0.15) is 17.5 Å². The predicted molar refractivity (Wildman–Crippen MR) is 64.2 cm³/mol. The average molecular weight is 255 g/mol. The van der Waals surface area contributed by atoms with Crippen molar-refractivity contribution in [2.75, 3.05) is 5.75 Å². The highest BCUT2D eigenvalue weighted by molar-refractivity contribution is 9.10. The maximum atomic E-state index is 4.10. The molecular weight excluding hydrogens is 244 g/mol. The summed E-state index contributed by atoms with van der Waals surface area (Å²) in [5.74, 6) is 7.01. The van der Waals surface area contributed by atoms with Crippen molar-refractivity contribution >= 4 is 28.6 Å². The lowest BCUT2D eigenvalue weighted by Gasteiger charge is -1.97. The van der Waals surface area contributed by atoms with Crippen LogP contribution < -0.4 is 0 Å². The van der Waals surface area contributed by atoms with Crippen molar-refractivity contribution in [3.05, 3.63) is 33.8 Å². The Bertz CT molecular complexity index is 347. The van der Waals surface area contributed by atoms with Crippen LogP contribution in [0.5, 0.6) is 0 Å². The second-order valence-corrected chi connectivity index (χ2v) is 4.10.